The lowest BCUT2D eigenvalue weighted by atomic mass is 10.1. The molecule has 0 aromatic heterocycles. The molecule has 1 aliphatic heterocycles. The standard InChI is InChI=1S/C21H24N2O4S/c1-27-19-11-10-16(14-20(19)28(25,26)22-17-7-3-4-8-17)21(24)23-13-12-15-6-2-5-9-18(15)23/h2,5-6,9-11,14,17,22H,3-4,7-8,12-13H2,1H3. The van der Waals surface area contributed by atoms with E-state index in [4.69, 9.17) is 4.74 Å². The number of anilines is 1. The second-order valence-corrected chi connectivity index (χ2v) is 8.99. The lowest BCUT2D eigenvalue weighted by molar-refractivity contribution is 0.0989. The van der Waals surface area contributed by atoms with Crippen LogP contribution in [0.4, 0.5) is 5.69 Å². The van der Waals surface area contributed by atoms with Gasteiger partial charge in [0.2, 0.25) is 10.0 Å². The Labute approximate surface area is 165 Å². The van der Waals surface area contributed by atoms with Gasteiger partial charge in [-0.3, -0.25) is 4.79 Å². The van der Waals surface area contributed by atoms with E-state index in [1.165, 1.54) is 13.2 Å². The molecule has 4 rings (SSSR count). The molecule has 6 nitrogen and oxygen atoms in total. The number of sulfonamides is 1. The van der Waals surface area contributed by atoms with Gasteiger partial charge in [-0.15, -0.1) is 0 Å². The summed E-state index contributed by atoms with van der Waals surface area (Å²) in [5.74, 6) is 0.0359. The van der Waals surface area contributed by atoms with Crippen molar-refractivity contribution in [3.05, 3.63) is 53.6 Å². The summed E-state index contributed by atoms with van der Waals surface area (Å²) in [6.07, 6.45) is 4.52. The number of carbonyl (C=O) groups excluding carboxylic acids is 1. The van der Waals surface area contributed by atoms with Gasteiger partial charge in [0.05, 0.1) is 7.11 Å². The number of nitrogens with one attached hydrogen (secondary N) is 1. The van der Waals surface area contributed by atoms with Crippen LogP contribution in [0.15, 0.2) is 47.4 Å². The number of fused-ring (bicyclic) bond motifs is 1. The lowest BCUT2D eigenvalue weighted by Crippen LogP contribution is -2.33. The van der Waals surface area contributed by atoms with E-state index in [0.717, 1.165) is 43.4 Å². The van der Waals surface area contributed by atoms with Crippen molar-refractivity contribution in [2.75, 3.05) is 18.6 Å². The number of hydrogen-bond acceptors (Lipinski definition) is 4. The average molecular weight is 401 g/mol. The number of nitrogens with zero attached hydrogens (tertiary/aromatic N) is 1. The highest BCUT2D eigenvalue weighted by molar-refractivity contribution is 7.89. The minimum absolute atomic E-state index is 0.0141. The number of ether oxygens (including phenoxy) is 1. The highest BCUT2D eigenvalue weighted by Crippen LogP contribution is 2.31. The molecule has 0 saturated heterocycles. The first kappa shape index (κ1) is 19.0. The molecule has 2 aromatic rings. The van der Waals surface area contributed by atoms with Crippen LogP contribution in [0.2, 0.25) is 0 Å². The summed E-state index contributed by atoms with van der Waals surface area (Å²) < 4.78 is 33.9. The van der Waals surface area contributed by atoms with Crippen LogP contribution in [0.1, 0.15) is 41.6 Å². The zero-order valence-corrected chi connectivity index (χ0v) is 16.7. The van der Waals surface area contributed by atoms with Gasteiger partial charge in [0.25, 0.3) is 5.91 Å². The second-order valence-electron chi connectivity index (χ2n) is 7.30. The summed E-state index contributed by atoms with van der Waals surface area (Å²) in [6, 6.07) is 12.3. The van der Waals surface area contributed by atoms with Gasteiger partial charge in [0.1, 0.15) is 10.6 Å². The zero-order valence-electron chi connectivity index (χ0n) is 15.8. The van der Waals surface area contributed by atoms with E-state index in [9.17, 15) is 13.2 Å². The molecular weight excluding hydrogens is 376 g/mol. The Bertz CT molecular complexity index is 997. The fourth-order valence-corrected chi connectivity index (χ4v) is 5.55. The molecular formula is C21H24N2O4S. The van der Waals surface area contributed by atoms with Crippen molar-refractivity contribution in [1.82, 2.24) is 4.72 Å². The van der Waals surface area contributed by atoms with Crippen LogP contribution >= 0.6 is 0 Å². The van der Waals surface area contributed by atoms with Crippen LogP contribution in [0, 0.1) is 0 Å². The van der Waals surface area contributed by atoms with Gasteiger partial charge in [0, 0.05) is 23.8 Å². The number of hydrogen-bond donors (Lipinski definition) is 1. The Morgan fingerprint density at radius 3 is 2.64 bits per heavy atom. The highest BCUT2D eigenvalue weighted by Gasteiger charge is 2.29. The minimum atomic E-state index is -3.77. The molecule has 1 heterocycles. The van der Waals surface area contributed by atoms with Crippen molar-refractivity contribution in [3.63, 3.8) is 0 Å². The minimum Gasteiger partial charge on any atom is -0.495 e. The number of carbonyl (C=O) groups is 1. The maximum absolute atomic E-state index is 13.1. The van der Waals surface area contributed by atoms with E-state index in [-0.39, 0.29) is 22.6 Å². The first-order valence-corrected chi connectivity index (χ1v) is 11.1. The molecule has 0 radical (unpaired) electrons. The molecule has 148 valence electrons. The van der Waals surface area contributed by atoms with Crippen molar-refractivity contribution in [2.45, 2.75) is 43.0 Å². The first-order chi connectivity index (χ1) is 13.5. The smallest absolute Gasteiger partial charge is 0.258 e. The molecule has 2 aromatic carbocycles. The Kier molecular flexibility index (Phi) is 5.12. The Balaban J connectivity index is 1.66. The summed E-state index contributed by atoms with van der Waals surface area (Å²) in [6.45, 7) is 0.590. The normalized spacial score (nSPS) is 17.0. The quantitative estimate of drug-likeness (QED) is 0.837. The van der Waals surface area contributed by atoms with Gasteiger partial charge in [-0.2, -0.15) is 0 Å². The van der Waals surface area contributed by atoms with Gasteiger partial charge < -0.3 is 9.64 Å². The zero-order chi connectivity index (χ0) is 19.7. The van der Waals surface area contributed by atoms with Gasteiger partial charge in [-0.25, -0.2) is 13.1 Å². The van der Waals surface area contributed by atoms with Crippen molar-refractivity contribution >= 4 is 21.6 Å². The maximum atomic E-state index is 13.1. The van der Waals surface area contributed by atoms with Crippen LogP contribution in [-0.4, -0.2) is 34.0 Å². The van der Waals surface area contributed by atoms with Gasteiger partial charge >= 0.3 is 0 Å². The van der Waals surface area contributed by atoms with Crippen LogP contribution in [-0.2, 0) is 16.4 Å². The average Bonchev–Trinajstić information content (AvgIpc) is 3.36. The number of amides is 1. The second kappa shape index (κ2) is 7.56. The Morgan fingerprint density at radius 2 is 1.89 bits per heavy atom. The van der Waals surface area contributed by atoms with Gasteiger partial charge in [-0.05, 0) is 49.1 Å². The monoisotopic (exact) mass is 400 g/mol. The molecule has 0 bridgehead atoms. The summed E-state index contributed by atoms with van der Waals surface area (Å²) in [7, 11) is -2.34. The molecule has 1 amide bonds. The van der Waals surface area contributed by atoms with E-state index in [1.54, 1.807) is 17.0 Å². The molecule has 1 N–H and O–H groups in total. The third-order valence-electron chi connectivity index (χ3n) is 5.51. The fourth-order valence-electron chi connectivity index (χ4n) is 4.05. The number of methoxy groups -OCH3 is 1. The molecule has 1 aliphatic carbocycles. The van der Waals surface area contributed by atoms with E-state index < -0.39 is 10.0 Å². The number of para-hydroxylation sites is 1. The SMILES string of the molecule is COc1ccc(C(=O)N2CCc3ccccc32)cc1S(=O)(=O)NC1CCCC1. The van der Waals surface area contributed by atoms with Crippen molar-refractivity contribution in [2.24, 2.45) is 0 Å². The fraction of sp³-hybridized carbons (Fsp3) is 0.381. The third-order valence-corrected chi connectivity index (χ3v) is 7.05. The molecule has 0 spiro atoms. The molecule has 1 saturated carbocycles. The number of rotatable bonds is 5. The van der Waals surface area contributed by atoms with E-state index in [1.807, 2.05) is 24.3 Å². The summed E-state index contributed by atoms with van der Waals surface area (Å²) >= 11 is 0. The molecule has 7 heteroatoms. The summed E-state index contributed by atoms with van der Waals surface area (Å²) in [5, 5.41) is 0. The predicted octanol–water partition coefficient (Wildman–Crippen LogP) is 3.12. The van der Waals surface area contributed by atoms with Crippen LogP contribution in [0.5, 0.6) is 5.75 Å². The highest BCUT2D eigenvalue weighted by atomic mass is 32.2. The maximum Gasteiger partial charge on any atom is 0.258 e. The van der Waals surface area contributed by atoms with E-state index >= 15 is 0 Å². The summed E-state index contributed by atoms with van der Waals surface area (Å²) in [5.41, 5.74) is 2.35. The van der Waals surface area contributed by atoms with Crippen LogP contribution < -0.4 is 14.4 Å². The Hall–Kier alpha value is -2.38. The first-order valence-electron chi connectivity index (χ1n) is 9.60. The van der Waals surface area contributed by atoms with E-state index in [0.29, 0.717) is 12.1 Å². The molecule has 0 atom stereocenters. The van der Waals surface area contributed by atoms with Crippen molar-refractivity contribution in [3.8, 4) is 5.75 Å². The topological polar surface area (TPSA) is 75.7 Å². The lowest BCUT2D eigenvalue weighted by Gasteiger charge is -2.19. The molecule has 2 aliphatic rings. The van der Waals surface area contributed by atoms with Gasteiger partial charge in [-0.1, -0.05) is 31.0 Å². The van der Waals surface area contributed by atoms with Crippen molar-refractivity contribution in [1.29, 1.82) is 0 Å². The molecule has 28 heavy (non-hydrogen) atoms. The van der Waals surface area contributed by atoms with Crippen LogP contribution in [0.25, 0.3) is 0 Å². The van der Waals surface area contributed by atoms with Crippen LogP contribution in [0.3, 0.4) is 0 Å². The molecule has 0 unspecified atom stereocenters. The molecule has 1 fully saturated rings. The third kappa shape index (κ3) is 3.52. The number of benzene rings is 2. The Morgan fingerprint density at radius 1 is 1.14 bits per heavy atom. The summed E-state index contributed by atoms with van der Waals surface area (Å²) in [4.78, 5) is 14.8. The van der Waals surface area contributed by atoms with E-state index in [2.05, 4.69) is 4.72 Å². The van der Waals surface area contributed by atoms with Gasteiger partial charge in [0.15, 0.2) is 0 Å². The predicted molar refractivity (Wildman–Crippen MR) is 107 cm³/mol. The van der Waals surface area contributed by atoms with Crippen molar-refractivity contribution < 1.29 is 17.9 Å². The largest absolute Gasteiger partial charge is 0.495 e.